The lowest BCUT2D eigenvalue weighted by Crippen LogP contribution is -2.32. The van der Waals surface area contributed by atoms with E-state index in [1.807, 2.05) is 6.07 Å². The molecule has 78 valence electrons. The number of ketones is 2. The zero-order chi connectivity index (χ0) is 11.1. The number of allylic oxidation sites excluding steroid dienone is 2. The van der Waals surface area contributed by atoms with Crippen LogP contribution in [0.5, 0.6) is 0 Å². The Kier molecular flexibility index (Phi) is 1.77. The van der Waals surface area contributed by atoms with Crippen LogP contribution in [0.3, 0.4) is 0 Å². The average molecular weight is 212 g/mol. The molecule has 4 heteroatoms. The molecule has 4 nitrogen and oxygen atoms in total. The molecule has 0 bridgehead atoms. The molecule has 0 saturated heterocycles. The van der Waals surface area contributed by atoms with Crippen molar-refractivity contribution in [3.05, 3.63) is 47.6 Å². The van der Waals surface area contributed by atoms with Crippen molar-refractivity contribution in [2.45, 2.75) is 6.54 Å². The van der Waals surface area contributed by atoms with E-state index in [0.717, 1.165) is 11.1 Å². The first-order chi connectivity index (χ1) is 7.75. The van der Waals surface area contributed by atoms with E-state index in [1.54, 1.807) is 29.6 Å². The van der Waals surface area contributed by atoms with Gasteiger partial charge in [-0.2, -0.15) is 0 Å². The molecule has 0 spiro atoms. The van der Waals surface area contributed by atoms with Crippen molar-refractivity contribution in [1.82, 2.24) is 9.88 Å². The molecule has 0 saturated carbocycles. The normalized spacial score (nSPS) is 18.0. The minimum Gasteiger partial charge on any atom is -0.340 e. The fourth-order valence-electron chi connectivity index (χ4n) is 1.90. The molecule has 0 aliphatic carbocycles. The van der Waals surface area contributed by atoms with Gasteiger partial charge in [0.25, 0.3) is 0 Å². The van der Waals surface area contributed by atoms with E-state index in [0.29, 0.717) is 12.2 Å². The van der Waals surface area contributed by atoms with Crippen molar-refractivity contribution >= 4 is 17.6 Å². The summed E-state index contributed by atoms with van der Waals surface area (Å²) in [4.78, 5) is 28.7. The molecule has 1 aromatic rings. The van der Waals surface area contributed by atoms with Crippen LogP contribution < -0.4 is 0 Å². The van der Waals surface area contributed by atoms with Gasteiger partial charge in [-0.3, -0.25) is 14.6 Å². The van der Waals surface area contributed by atoms with Gasteiger partial charge in [0.1, 0.15) is 0 Å². The second-order valence-electron chi connectivity index (χ2n) is 3.74. The third-order valence-electron chi connectivity index (χ3n) is 2.75. The summed E-state index contributed by atoms with van der Waals surface area (Å²) in [6.07, 6.45) is 8.14. The van der Waals surface area contributed by atoms with Crippen LogP contribution in [0.2, 0.25) is 0 Å². The monoisotopic (exact) mass is 212 g/mol. The van der Waals surface area contributed by atoms with Crippen LogP contribution in [0.25, 0.3) is 6.08 Å². The van der Waals surface area contributed by atoms with Gasteiger partial charge in [0, 0.05) is 31.2 Å². The van der Waals surface area contributed by atoms with Crippen molar-refractivity contribution < 1.29 is 9.59 Å². The van der Waals surface area contributed by atoms with Crippen LogP contribution in [-0.4, -0.2) is 21.5 Å². The summed E-state index contributed by atoms with van der Waals surface area (Å²) in [5.74, 6) is -0.898. The van der Waals surface area contributed by atoms with E-state index in [-0.39, 0.29) is 0 Å². The van der Waals surface area contributed by atoms with Crippen LogP contribution >= 0.6 is 0 Å². The Morgan fingerprint density at radius 1 is 1.31 bits per heavy atom. The fourth-order valence-corrected chi connectivity index (χ4v) is 1.90. The lowest BCUT2D eigenvalue weighted by Gasteiger charge is -2.29. The third kappa shape index (κ3) is 1.20. The third-order valence-corrected chi connectivity index (χ3v) is 2.75. The van der Waals surface area contributed by atoms with E-state index in [9.17, 15) is 9.59 Å². The highest BCUT2D eigenvalue weighted by Gasteiger charge is 2.28. The van der Waals surface area contributed by atoms with Gasteiger partial charge in [-0.1, -0.05) is 0 Å². The molecule has 1 aromatic heterocycles. The van der Waals surface area contributed by atoms with Crippen molar-refractivity contribution in [2.75, 3.05) is 0 Å². The zero-order valence-corrected chi connectivity index (χ0v) is 8.38. The number of nitrogens with zero attached hydrogens (tertiary/aromatic N) is 2. The molecule has 0 atom stereocenters. The van der Waals surface area contributed by atoms with E-state index < -0.39 is 11.6 Å². The molecule has 3 heterocycles. The topological polar surface area (TPSA) is 50.3 Å². The van der Waals surface area contributed by atoms with Crippen LogP contribution in [0, 0.1) is 0 Å². The number of carbonyl (C=O) groups excluding carboxylic acids is 2. The van der Waals surface area contributed by atoms with E-state index in [4.69, 9.17) is 0 Å². The summed E-state index contributed by atoms with van der Waals surface area (Å²) in [6.45, 7) is 0.588. The minimum atomic E-state index is -0.458. The van der Waals surface area contributed by atoms with Crippen molar-refractivity contribution in [2.24, 2.45) is 0 Å². The maximum absolute atomic E-state index is 11.6. The SMILES string of the molecule is O=C1C=CN2Cc3cnccc3C=C2C1=O. The highest BCUT2D eigenvalue weighted by atomic mass is 16.2. The lowest BCUT2D eigenvalue weighted by atomic mass is 9.99. The van der Waals surface area contributed by atoms with E-state index in [2.05, 4.69) is 4.98 Å². The lowest BCUT2D eigenvalue weighted by molar-refractivity contribution is -0.132. The maximum atomic E-state index is 11.6. The van der Waals surface area contributed by atoms with E-state index in [1.165, 1.54) is 6.08 Å². The molecule has 2 aliphatic rings. The standard InChI is InChI=1S/C12H8N2O2/c15-11-2-4-14-7-9-6-13-3-1-8(9)5-10(14)12(11)16/h1-6H,7H2. The Morgan fingerprint density at radius 2 is 2.19 bits per heavy atom. The minimum absolute atomic E-state index is 0.440. The molecule has 0 N–H and O–H groups in total. The first-order valence-corrected chi connectivity index (χ1v) is 4.94. The van der Waals surface area contributed by atoms with Gasteiger partial charge in [-0.25, -0.2) is 0 Å². The molecule has 0 radical (unpaired) electrons. The van der Waals surface area contributed by atoms with Crippen LogP contribution in [0.1, 0.15) is 11.1 Å². The molecular formula is C12H8N2O2. The van der Waals surface area contributed by atoms with Gasteiger partial charge >= 0.3 is 0 Å². The number of carbonyl (C=O) groups is 2. The molecule has 0 aromatic carbocycles. The van der Waals surface area contributed by atoms with E-state index >= 15 is 0 Å². The number of pyridine rings is 1. The Labute approximate surface area is 91.9 Å². The Bertz CT molecular complexity index is 558. The molecule has 3 rings (SSSR count). The number of hydrogen-bond acceptors (Lipinski definition) is 4. The first kappa shape index (κ1) is 9.03. The Morgan fingerprint density at radius 3 is 3.06 bits per heavy atom. The predicted octanol–water partition coefficient (Wildman–Crippen LogP) is 0.904. The summed E-state index contributed by atoms with van der Waals surface area (Å²) in [5, 5.41) is 0. The number of hydrogen-bond donors (Lipinski definition) is 0. The first-order valence-electron chi connectivity index (χ1n) is 4.94. The van der Waals surface area contributed by atoms with Crippen LogP contribution in [-0.2, 0) is 16.1 Å². The second-order valence-corrected chi connectivity index (χ2v) is 3.74. The number of rotatable bonds is 0. The molecule has 0 unspecified atom stereocenters. The highest BCUT2D eigenvalue weighted by molar-refractivity contribution is 6.48. The Balaban J connectivity index is 2.16. The van der Waals surface area contributed by atoms with Gasteiger partial charge in [0.05, 0.1) is 5.70 Å². The molecular weight excluding hydrogens is 204 g/mol. The summed E-state index contributed by atoms with van der Waals surface area (Å²) in [5.41, 5.74) is 2.46. The van der Waals surface area contributed by atoms with Crippen LogP contribution in [0.4, 0.5) is 0 Å². The molecule has 0 fully saturated rings. The molecule has 0 amide bonds. The van der Waals surface area contributed by atoms with Gasteiger partial charge in [0.2, 0.25) is 11.6 Å². The van der Waals surface area contributed by atoms with Crippen molar-refractivity contribution in [1.29, 1.82) is 0 Å². The predicted molar refractivity (Wildman–Crippen MR) is 56.9 cm³/mol. The maximum Gasteiger partial charge on any atom is 0.249 e. The number of fused-ring (bicyclic) bond motifs is 2. The smallest absolute Gasteiger partial charge is 0.249 e. The van der Waals surface area contributed by atoms with Crippen LogP contribution in [0.15, 0.2) is 36.4 Å². The van der Waals surface area contributed by atoms with Gasteiger partial charge in [-0.15, -0.1) is 0 Å². The number of aromatic nitrogens is 1. The summed E-state index contributed by atoms with van der Waals surface area (Å²) < 4.78 is 0. The zero-order valence-electron chi connectivity index (χ0n) is 8.38. The fraction of sp³-hybridized carbons (Fsp3) is 0.0833. The quantitative estimate of drug-likeness (QED) is 0.599. The largest absolute Gasteiger partial charge is 0.340 e. The summed E-state index contributed by atoms with van der Waals surface area (Å²) in [7, 11) is 0. The average Bonchev–Trinajstić information content (AvgIpc) is 2.32. The molecule has 2 aliphatic heterocycles. The van der Waals surface area contributed by atoms with Crippen molar-refractivity contribution in [3.8, 4) is 0 Å². The second kappa shape index (κ2) is 3.13. The summed E-state index contributed by atoms with van der Waals surface area (Å²) >= 11 is 0. The van der Waals surface area contributed by atoms with Gasteiger partial charge in [0.15, 0.2) is 0 Å². The van der Waals surface area contributed by atoms with Gasteiger partial charge < -0.3 is 4.90 Å². The van der Waals surface area contributed by atoms with Crippen molar-refractivity contribution in [3.63, 3.8) is 0 Å². The number of Topliss-reactive ketones (excluding diaryl/α,β-unsaturated/α-hetero) is 1. The molecule has 16 heavy (non-hydrogen) atoms. The highest BCUT2D eigenvalue weighted by Crippen LogP contribution is 2.26. The Hall–Kier alpha value is -2.23. The summed E-state index contributed by atoms with van der Waals surface area (Å²) in [6, 6.07) is 1.84. The van der Waals surface area contributed by atoms with Gasteiger partial charge in [-0.05, 0) is 23.3 Å².